The molecule has 6 nitrogen and oxygen atoms in total. The average Bonchev–Trinajstić information content (AvgIpc) is 2.88. The Balaban J connectivity index is 2.06. The van der Waals surface area contributed by atoms with Crippen LogP contribution in [0.15, 0.2) is 36.0 Å². The molecule has 2 rings (SSSR count). The highest BCUT2D eigenvalue weighted by Gasteiger charge is 2.14. The van der Waals surface area contributed by atoms with Gasteiger partial charge >= 0.3 is 0 Å². The second-order valence-corrected chi connectivity index (χ2v) is 4.70. The molecule has 0 aliphatic heterocycles. The van der Waals surface area contributed by atoms with E-state index in [-0.39, 0.29) is 11.6 Å². The second-order valence-electron chi connectivity index (χ2n) is 2.96. The van der Waals surface area contributed by atoms with Crippen LogP contribution in [0.25, 0.3) is 0 Å². The molecule has 15 heavy (non-hydrogen) atoms. The Hall–Kier alpha value is -1.60. The van der Waals surface area contributed by atoms with Gasteiger partial charge in [0.1, 0.15) is 0 Å². The number of sulfonamides is 1. The van der Waals surface area contributed by atoms with Crippen LogP contribution in [0, 0.1) is 0 Å². The number of hydrogen-bond acceptors (Lipinski definition) is 3. The molecule has 0 bridgehead atoms. The smallest absolute Gasteiger partial charge is 0.257 e. The monoisotopic (exact) mass is 226 g/mol. The number of hydrogen-bond donors (Lipinski definition) is 3. The molecule has 0 unspecified atom stereocenters. The summed E-state index contributed by atoms with van der Waals surface area (Å²) in [6.45, 7) is 0.255. The SMILES string of the molecule is O=S(=O)(NCc1cc[nH]c1)c1cnc[nH]1. The van der Waals surface area contributed by atoms with E-state index in [1.807, 2.05) is 0 Å². The summed E-state index contributed by atoms with van der Waals surface area (Å²) in [6.07, 6.45) is 6.06. The molecule has 2 heterocycles. The number of nitrogens with zero attached hydrogens (tertiary/aromatic N) is 1. The maximum atomic E-state index is 11.6. The summed E-state index contributed by atoms with van der Waals surface area (Å²) in [5.41, 5.74) is 0.873. The zero-order chi connectivity index (χ0) is 10.7. The molecule has 0 aromatic carbocycles. The summed E-state index contributed by atoms with van der Waals surface area (Å²) in [4.78, 5) is 9.04. The van der Waals surface area contributed by atoms with Crippen molar-refractivity contribution in [3.63, 3.8) is 0 Å². The molecular weight excluding hydrogens is 216 g/mol. The van der Waals surface area contributed by atoms with Gasteiger partial charge in [0.05, 0.1) is 12.5 Å². The van der Waals surface area contributed by atoms with Gasteiger partial charge in [0.25, 0.3) is 10.0 Å². The van der Waals surface area contributed by atoms with Crippen LogP contribution in [0.1, 0.15) is 5.56 Å². The maximum absolute atomic E-state index is 11.6. The highest BCUT2D eigenvalue weighted by Crippen LogP contribution is 2.04. The van der Waals surface area contributed by atoms with E-state index in [1.54, 1.807) is 18.5 Å². The van der Waals surface area contributed by atoms with Gasteiger partial charge in [-0.3, -0.25) is 0 Å². The largest absolute Gasteiger partial charge is 0.367 e. The van der Waals surface area contributed by atoms with Gasteiger partial charge in [-0.1, -0.05) is 0 Å². The van der Waals surface area contributed by atoms with Crippen LogP contribution in [-0.4, -0.2) is 23.4 Å². The zero-order valence-electron chi connectivity index (χ0n) is 7.77. The van der Waals surface area contributed by atoms with E-state index < -0.39 is 10.0 Å². The lowest BCUT2D eigenvalue weighted by molar-refractivity contribution is 0.578. The Bertz CT molecular complexity index is 501. The lowest BCUT2D eigenvalue weighted by atomic mass is 10.4. The third-order valence-electron chi connectivity index (χ3n) is 1.89. The molecule has 2 aromatic heterocycles. The van der Waals surface area contributed by atoms with E-state index >= 15 is 0 Å². The number of aromatic amines is 2. The number of aromatic nitrogens is 3. The third kappa shape index (κ3) is 2.25. The van der Waals surface area contributed by atoms with E-state index in [2.05, 4.69) is 19.7 Å². The maximum Gasteiger partial charge on any atom is 0.257 e. The first kappa shape index (κ1) is 9.94. The normalized spacial score (nSPS) is 11.7. The molecule has 0 radical (unpaired) electrons. The summed E-state index contributed by atoms with van der Waals surface area (Å²) < 4.78 is 25.6. The van der Waals surface area contributed by atoms with E-state index in [4.69, 9.17) is 0 Å². The first-order valence-corrected chi connectivity index (χ1v) is 5.76. The third-order valence-corrected chi connectivity index (χ3v) is 3.22. The zero-order valence-corrected chi connectivity index (χ0v) is 8.58. The predicted octanol–water partition coefficient (Wildman–Crippen LogP) is 0.216. The molecule has 0 spiro atoms. The molecule has 0 aliphatic rings. The van der Waals surface area contributed by atoms with Crippen molar-refractivity contribution in [3.8, 4) is 0 Å². The van der Waals surface area contributed by atoms with Gasteiger partial charge in [-0.2, -0.15) is 0 Å². The van der Waals surface area contributed by atoms with Crippen molar-refractivity contribution in [1.82, 2.24) is 19.7 Å². The highest BCUT2D eigenvalue weighted by molar-refractivity contribution is 7.89. The number of H-pyrrole nitrogens is 2. The van der Waals surface area contributed by atoms with Crippen molar-refractivity contribution in [2.24, 2.45) is 0 Å². The van der Waals surface area contributed by atoms with Gasteiger partial charge in [-0.05, 0) is 11.6 Å². The minimum atomic E-state index is -3.47. The van der Waals surface area contributed by atoms with Crippen molar-refractivity contribution in [2.75, 3.05) is 0 Å². The van der Waals surface area contributed by atoms with Crippen molar-refractivity contribution >= 4 is 10.0 Å². The lowest BCUT2D eigenvalue weighted by Crippen LogP contribution is -2.23. The minimum Gasteiger partial charge on any atom is -0.367 e. The first-order valence-electron chi connectivity index (χ1n) is 4.28. The van der Waals surface area contributed by atoms with Crippen LogP contribution < -0.4 is 4.72 Å². The van der Waals surface area contributed by atoms with Gasteiger partial charge in [-0.15, -0.1) is 0 Å². The predicted molar refractivity (Wildman–Crippen MR) is 53.4 cm³/mol. The molecular formula is C8H10N4O2S. The Morgan fingerprint density at radius 3 is 2.93 bits per heavy atom. The fourth-order valence-corrected chi connectivity index (χ4v) is 2.03. The molecule has 3 N–H and O–H groups in total. The molecule has 0 saturated carbocycles. The van der Waals surface area contributed by atoms with E-state index in [9.17, 15) is 8.42 Å². The van der Waals surface area contributed by atoms with Crippen molar-refractivity contribution in [3.05, 3.63) is 36.5 Å². The van der Waals surface area contributed by atoms with Crippen molar-refractivity contribution in [1.29, 1.82) is 0 Å². The highest BCUT2D eigenvalue weighted by atomic mass is 32.2. The van der Waals surface area contributed by atoms with Crippen LogP contribution in [0.3, 0.4) is 0 Å². The van der Waals surface area contributed by atoms with Crippen LogP contribution in [0.2, 0.25) is 0 Å². The quantitative estimate of drug-likeness (QED) is 0.696. The minimum absolute atomic E-state index is 0.0676. The molecule has 0 atom stereocenters. The fourth-order valence-electron chi connectivity index (χ4n) is 1.11. The summed E-state index contributed by atoms with van der Waals surface area (Å²) in [5, 5.41) is 0.0676. The molecule has 80 valence electrons. The average molecular weight is 226 g/mol. The number of imidazole rings is 1. The van der Waals surface area contributed by atoms with Gasteiger partial charge in [0.2, 0.25) is 0 Å². The second kappa shape index (κ2) is 3.87. The van der Waals surface area contributed by atoms with Crippen LogP contribution in [0.4, 0.5) is 0 Å². The van der Waals surface area contributed by atoms with E-state index in [0.29, 0.717) is 0 Å². The Morgan fingerprint density at radius 1 is 1.47 bits per heavy atom. The van der Waals surface area contributed by atoms with Gasteiger partial charge in [-0.25, -0.2) is 18.1 Å². The summed E-state index contributed by atoms with van der Waals surface area (Å²) in [6, 6.07) is 1.80. The number of nitrogens with one attached hydrogen (secondary N) is 3. The molecule has 2 aromatic rings. The van der Waals surface area contributed by atoms with Crippen molar-refractivity contribution < 1.29 is 8.42 Å². The summed E-state index contributed by atoms with van der Waals surface area (Å²) in [5.74, 6) is 0. The summed E-state index contributed by atoms with van der Waals surface area (Å²) >= 11 is 0. The van der Waals surface area contributed by atoms with Crippen molar-refractivity contribution in [2.45, 2.75) is 11.6 Å². The molecule has 0 amide bonds. The first-order chi connectivity index (χ1) is 7.18. The van der Waals surface area contributed by atoms with E-state index in [0.717, 1.165) is 5.56 Å². The Kier molecular flexibility index (Phi) is 2.57. The summed E-state index contributed by atoms with van der Waals surface area (Å²) in [7, 11) is -3.47. The van der Waals surface area contributed by atoms with Crippen LogP contribution in [-0.2, 0) is 16.6 Å². The molecule has 0 saturated heterocycles. The molecule has 0 fully saturated rings. The lowest BCUT2D eigenvalue weighted by Gasteiger charge is -2.02. The molecule has 0 aliphatic carbocycles. The molecule has 7 heteroatoms. The Labute approximate surface area is 86.8 Å². The van der Waals surface area contributed by atoms with Crippen LogP contribution in [0.5, 0.6) is 0 Å². The van der Waals surface area contributed by atoms with E-state index in [1.165, 1.54) is 12.5 Å². The van der Waals surface area contributed by atoms with Crippen LogP contribution >= 0.6 is 0 Å². The topological polar surface area (TPSA) is 90.6 Å². The van der Waals surface area contributed by atoms with Gasteiger partial charge in [0, 0.05) is 18.9 Å². The van der Waals surface area contributed by atoms with Gasteiger partial charge < -0.3 is 9.97 Å². The number of rotatable bonds is 4. The fraction of sp³-hybridized carbons (Fsp3) is 0.125. The standard InChI is InChI=1S/C8H10N4O2S/c13-15(14,8-5-10-6-11-8)12-4-7-1-2-9-3-7/h1-3,5-6,9,12H,4H2,(H,10,11). The Morgan fingerprint density at radius 2 is 2.33 bits per heavy atom. The van der Waals surface area contributed by atoms with Gasteiger partial charge in [0.15, 0.2) is 5.03 Å².